The zero-order valence-electron chi connectivity index (χ0n) is 10.8. The first-order chi connectivity index (χ1) is 9.65. The lowest BCUT2D eigenvalue weighted by molar-refractivity contribution is -0.115. The van der Waals surface area contributed by atoms with Crippen LogP contribution in [0.4, 0.5) is 15.8 Å². The molecular formula is C15H15FN2OS. The molecule has 3 nitrogen and oxygen atoms in total. The van der Waals surface area contributed by atoms with Gasteiger partial charge in [0.25, 0.3) is 0 Å². The summed E-state index contributed by atoms with van der Waals surface area (Å²) >= 11 is 1.37. The van der Waals surface area contributed by atoms with Crippen LogP contribution in [-0.2, 0) is 4.79 Å². The van der Waals surface area contributed by atoms with Gasteiger partial charge in [-0.05, 0) is 30.3 Å². The summed E-state index contributed by atoms with van der Waals surface area (Å²) in [6, 6.07) is 13.5. The Morgan fingerprint density at radius 2 is 1.95 bits per heavy atom. The third-order valence-electron chi connectivity index (χ3n) is 2.62. The zero-order valence-corrected chi connectivity index (χ0v) is 11.6. The Kier molecular flexibility index (Phi) is 5.01. The number of para-hydroxylation sites is 1. The van der Waals surface area contributed by atoms with Gasteiger partial charge in [0.05, 0.1) is 0 Å². The van der Waals surface area contributed by atoms with E-state index >= 15 is 0 Å². The fraction of sp³-hybridized carbons (Fsp3) is 0.133. The molecule has 20 heavy (non-hydrogen) atoms. The molecule has 0 saturated carbocycles. The van der Waals surface area contributed by atoms with Gasteiger partial charge in [0, 0.05) is 28.4 Å². The van der Waals surface area contributed by atoms with Crippen LogP contribution in [0.3, 0.4) is 0 Å². The topological polar surface area (TPSA) is 55.1 Å². The molecule has 0 spiro atoms. The minimum absolute atomic E-state index is 0.0707. The number of thioether (sulfide) groups is 1. The Hall–Kier alpha value is -2.01. The van der Waals surface area contributed by atoms with Crippen LogP contribution < -0.4 is 11.1 Å². The molecule has 5 heteroatoms. The van der Waals surface area contributed by atoms with Crippen LogP contribution in [0, 0.1) is 5.82 Å². The lowest BCUT2D eigenvalue weighted by Crippen LogP contribution is -2.12. The summed E-state index contributed by atoms with van der Waals surface area (Å²) in [5, 5.41) is 2.80. The zero-order chi connectivity index (χ0) is 14.4. The summed E-state index contributed by atoms with van der Waals surface area (Å²) in [7, 11) is 0. The third-order valence-corrected chi connectivity index (χ3v) is 3.69. The van der Waals surface area contributed by atoms with Crippen molar-refractivity contribution in [2.75, 3.05) is 16.8 Å². The standard InChI is InChI=1S/C15H15FN2OS/c16-11-6-7-13(17)14(10-11)20-9-8-15(19)18-12-4-2-1-3-5-12/h1-7,10H,8-9,17H2,(H,18,19). The number of carbonyl (C=O) groups excluding carboxylic acids is 1. The van der Waals surface area contributed by atoms with Gasteiger partial charge in [-0.3, -0.25) is 4.79 Å². The second-order valence-electron chi connectivity index (χ2n) is 4.19. The summed E-state index contributed by atoms with van der Waals surface area (Å²) in [6.07, 6.45) is 0.343. The van der Waals surface area contributed by atoms with Crippen LogP contribution >= 0.6 is 11.8 Å². The van der Waals surface area contributed by atoms with E-state index in [-0.39, 0.29) is 11.7 Å². The number of nitrogens with one attached hydrogen (secondary N) is 1. The SMILES string of the molecule is Nc1ccc(F)cc1SCCC(=O)Nc1ccccc1. The number of amides is 1. The maximum Gasteiger partial charge on any atom is 0.225 e. The number of hydrogen-bond donors (Lipinski definition) is 2. The first-order valence-corrected chi connectivity index (χ1v) is 7.16. The Morgan fingerprint density at radius 3 is 2.70 bits per heavy atom. The van der Waals surface area contributed by atoms with E-state index < -0.39 is 0 Å². The van der Waals surface area contributed by atoms with Gasteiger partial charge in [-0.25, -0.2) is 4.39 Å². The van der Waals surface area contributed by atoms with Crippen LogP contribution in [0.25, 0.3) is 0 Å². The number of halogens is 1. The highest BCUT2D eigenvalue weighted by Crippen LogP contribution is 2.26. The fourth-order valence-corrected chi connectivity index (χ4v) is 2.57. The van der Waals surface area contributed by atoms with Gasteiger partial charge in [-0.15, -0.1) is 11.8 Å². The molecule has 0 unspecified atom stereocenters. The van der Waals surface area contributed by atoms with E-state index in [0.717, 1.165) is 5.69 Å². The van der Waals surface area contributed by atoms with Gasteiger partial charge in [-0.1, -0.05) is 18.2 Å². The van der Waals surface area contributed by atoms with Gasteiger partial charge in [-0.2, -0.15) is 0 Å². The Balaban J connectivity index is 1.81. The number of rotatable bonds is 5. The second-order valence-corrected chi connectivity index (χ2v) is 5.33. The van der Waals surface area contributed by atoms with Crippen LogP contribution in [-0.4, -0.2) is 11.7 Å². The van der Waals surface area contributed by atoms with Gasteiger partial charge in [0.1, 0.15) is 5.82 Å². The minimum Gasteiger partial charge on any atom is -0.398 e. The Labute approximate surface area is 121 Å². The summed E-state index contributed by atoms with van der Waals surface area (Å²) in [4.78, 5) is 12.4. The average Bonchev–Trinajstić information content (AvgIpc) is 2.44. The van der Waals surface area contributed by atoms with Gasteiger partial charge < -0.3 is 11.1 Å². The van der Waals surface area contributed by atoms with Crippen molar-refractivity contribution in [3.63, 3.8) is 0 Å². The van der Waals surface area contributed by atoms with Crippen molar-refractivity contribution in [3.8, 4) is 0 Å². The largest absolute Gasteiger partial charge is 0.398 e. The third kappa shape index (κ3) is 4.28. The smallest absolute Gasteiger partial charge is 0.225 e. The summed E-state index contributed by atoms with van der Waals surface area (Å²) < 4.78 is 13.1. The molecular weight excluding hydrogens is 275 g/mol. The van der Waals surface area contributed by atoms with E-state index in [1.165, 1.54) is 30.0 Å². The highest BCUT2D eigenvalue weighted by molar-refractivity contribution is 7.99. The van der Waals surface area contributed by atoms with E-state index in [4.69, 9.17) is 5.73 Å². The predicted octanol–water partition coefficient (Wildman–Crippen LogP) is 3.53. The molecule has 0 atom stereocenters. The lowest BCUT2D eigenvalue weighted by atomic mass is 10.3. The average molecular weight is 290 g/mol. The van der Waals surface area contributed by atoms with Crippen molar-refractivity contribution in [1.82, 2.24) is 0 Å². The molecule has 0 saturated heterocycles. The number of nitrogen functional groups attached to an aromatic ring is 1. The van der Waals surface area contributed by atoms with Crippen molar-refractivity contribution < 1.29 is 9.18 Å². The predicted molar refractivity (Wildman–Crippen MR) is 81.2 cm³/mol. The monoisotopic (exact) mass is 290 g/mol. The Morgan fingerprint density at radius 1 is 1.20 bits per heavy atom. The van der Waals surface area contributed by atoms with Crippen LogP contribution in [0.2, 0.25) is 0 Å². The van der Waals surface area contributed by atoms with Crippen molar-refractivity contribution in [2.45, 2.75) is 11.3 Å². The minimum atomic E-state index is -0.324. The molecule has 0 bridgehead atoms. The molecule has 3 N–H and O–H groups in total. The van der Waals surface area contributed by atoms with E-state index in [2.05, 4.69) is 5.32 Å². The summed E-state index contributed by atoms with van der Waals surface area (Å²) in [5.74, 6) is 0.154. The number of hydrogen-bond acceptors (Lipinski definition) is 3. The maximum absolute atomic E-state index is 13.1. The summed E-state index contributed by atoms with van der Waals surface area (Å²) in [6.45, 7) is 0. The molecule has 2 aromatic carbocycles. The van der Waals surface area contributed by atoms with Crippen molar-refractivity contribution in [2.24, 2.45) is 0 Å². The van der Waals surface area contributed by atoms with E-state index in [1.54, 1.807) is 0 Å². The van der Waals surface area contributed by atoms with Crippen molar-refractivity contribution >= 4 is 29.0 Å². The highest BCUT2D eigenvalue weighted by Gasteiger charge is 2.05. The van der Waals surface area contributed by atoms with Gasteiger partial charge in [0.2, 0.25) is 5.91 Å². The lowest BCUT2D eigenvalue weighted by Gasteiger charge is -2.06. The number of anilines is 2. The normalized spacial score (nSPS) is 10.2. The highest BCUT2D eigenvalue weighted by atomic mass is 32.2. The molecule has 104 valence electrons. The number of carbonyl (C=O) groups is 1. The van der Waals surface area contributed by atoms with Crippen LogP contribution in [0.5, 0.6) is 0 Å². The molecule has 0 fully saturated rings. The molecule has 2 rings (SSSR count). The van der Waals surface area contributed by atoms with Gasteiger partial charge in [0.15, 0.2) is 0 Å². The molecule has 2 aromatic rings. The first kappa shape index (κ1) is 14.4. The maximum atomic E-state index is 13.1. The van der Waals surface area contributed by atoms with E-state index in [0.29, 0.717) is 22.8 Å². The second kappa shape index (κ2) is 6.96. The number of benzene rings is 2. The van der Waals surface area contributed by atoms with Crippen LogP contribution in [0.15, 0.2) is 53.4 Å². The van der Waals surface area contributed by atoms with Crippen molar-refractivity contribution in [3.05, 3.63) is 54.3 Å². The van der Waals surface area contributed by atoms with Crippen molar-refractivity contribution in [1.29, 1.82) is 0 Å². The van der Waals surface area contributed by atoms with E-state index in [9.17, 15) is 9.18 Å². The van der Waals surface area contributed by atoms with Gasteiger partial charge >= 0.3 is 0 Å². The molecule has 0 aliphatic rings. The quantitative estimate of drug-likeness (QED) is 0.654. The molecule has 0 radical (unpaired) electrons. The molecule has 0 aliphatic heterocycles. The summed E-state index contributed by atoms with van der Waals surface area (Å²) in [5.41, 5.74) is 7.04. The molecule has 0 heterocycles. The fourth-order valence-electron chi connectivity index (χ4n) is 1.63. The van der Waals surface area contributed by atoms with E-state index in [1.807, 2.05) is 30.3 Å². The molecule has 0 aliphatic carbocycles. The Bertz CT molecular complexity index is 590. The molecule has 1 amide bonds. The first-order valence-electron chi connectivity index (χ1n) is 6.18. The van der Waals surface area contributed by atoms with Crippen LogP contribution in [0.1, 0.15) is 6.42 Å². The number of nitrogens with two attached hydrogens (primary N) is 1. The molecule has 0 aromatic heterocycles.